The number of carbonyl (C=O) groups is 3. The fraction of sp³-hybridized carbons (Fsp3) is 0.125. The van der Waals surface area contributed by atoms with Crippen LogP contribution in [0.1, 0.15) is 23.7 Å². The Labute approximate surface area is 195 Å². The van der Waals surface area contributed by atoms with Gasteiger partial charge in [0.25, 0.3) is 11.8 Å². The molecule has 0 bridgehead atoms. The van der Waals surface area contributed by atoms with Crippen molar-refractivity contribution in [3.05, 3.63) is 93.2 Å². The number of nitrogens with zero attached hydrogens (tertiary/aromatic N) is 2. The monoisotopic (exact) mass is 467 g/mol. The van der Waals surface area contributed by atoms with Gasteiger partial charge in [0, 0.05) is 18.4 Å². The smallest absolute Gasteiger partial charge is 0.335 e. The van der Waals surface area contributed by atoms with Gasteiger partial charge in [-0.15, -0.1) is 0 Å². The Morgan fingerprint density at radius 3 is 2.34 bits per heavy atom. The van der Waals surface area contributed by atoms with Crippen LogP contribution in [0.2, 0.25) is 10.0 Å². The third-order valence-corrected chi connectivity index (χ3v) is 5.94. The molecule has 2 heterocycles. The molecule has 0 spiro atoms. The highest BCUT2D eigenvalue weighted by molar-refractivity contribution is 6.42. The SMILES string of the molecule is CCc1ccc(N2C(=O)NC(=O)/C(=C\c3cccn3Cc3ccc(Cl)c(Cl)c3)C2=O)cc1. The average molecular weight is 468 g/mol. The molecule has 1 aliphatic rings. The third kappa shape index (κ3) is 4.33. The number of aromatic nitrogens is 1. The predicted molar refractivity (Wildman–Crippen MR) is 125 cm³/mol. The molecule has 0 aliphatic carbocycles. The summed E-state index contributed by atoms with van der Waals surface area (Å²) in [4.78, 5) is 39.0. The predicted octanol–water partition coefficient (Wildman–Crippen LogP) is 5.07. The summed E-state index contributed by atoms with van der Waals surface area (Å²) >= 11 is 12.1. The first-order valence-electron chi connectivity index (χ1n) is 9.97. The number of hydrogen-bond acceptors (Lipinski definition) is 3. The fourth-order valence-corrected chi connectivity index (χ4v) is 3.78. The van der Waals surface area contributed by atoms with Gasteiger partial charge in [-0.3, -0.25) is 14.9 Å². The van der Waals surface area contributed by atoms with Gasteiger partial charge >= 0.3 is 6.03 Å². The summed E-state index contributed by atoms with van der Waals surface area (Å²) in [6, 6.07) is 15.2. The lowest BCUT2D eigenvalue weighted by atomic mass is 10.1. The molecule has 1 aliphatic heterocycles. The third-order valence-electron chi connectivity index (χ3n) is 5.20. The molecule has 162 valence electrons. The Balaban J connectivity index is 1.65. The number of barbiturate groups is 1. The van der Waals surface area contributed by atoms with Crippen molar-refractivity contribution in [2.45, 2.75) is 19.9 Å². The second kappa shape index (κ2) is 9.02. The van der Waals surface area contributed by atoms with Crippen LogP contribution >= 0.6 is 23.2 Å². The van der Waals surface area contributed by atoms with Crippen LogP contribution in [0.4, 0.5) is 10.5 Å². The van der Waals surface area contributed by atoms with Gasteiger partial charge in [0.2, 0.25) is 0 Å². The Morgan fingerprint density at radius 1 is 0.938 bits per heavy atom. The van der Waals surface area contributed by atoms with Crippen LogP contribution in [0.5, 0.6) is 0 Å². The number of urea groups is 1. The zero-order valence-corrected chi connectivity index (χ0v) is 18.7. The standard InChI is InChI=1S/C24H19Cl2N3O3/c1-2-15-5-8-17(9-6-15)29-23(31)19(22(30)27-24(29)32)13-18-4-3-11-28(18)14-16-7-10-20(25)21(26)12-16/h3-13H,2,14H2,1H3,(H,27,30,32)/b19-13+. The van der Waals surface area contributed by atoms with E-state index in [4.69, 9.17) is 23.2 Å². The van der Waals surface area contributed by atoms with Crippen molar-refractivity contribution in [1.29, 1.82) is 0 Å². The van der Waals surface area contributed by atoms with Crippen molar-refractivity contribution >= 4 is 52.8 Å². The summed E-state index contributed by atoms with van der Waals surface area (Å²) in [5.41, 5.74) is 2.88. The van der Waals surface area contributed by atoms with Gasteiger partial charge in [-0.2, -0.15) is 0 Å². The van der Waals surface area contributed by atoms with Gasteiger partial charge < -0.3 is 4.57 Å². The largest absolute Gasteiger partial charge is 0.344 e. The van der Waals surface area contributed by atoms with E-state index in [0.29, 0.717) is 28.0 Å². The summed E-state index contributed by atoms with van der Waals surface area (Å²) in [6.07, 6.45) is 4.14. The number of rotatable bonds is 5. The number of imide groups is 2. The average Bonchev–Trinajstić information content (AvgIpc) is 3.20. The Kier molecular flexibility index (Phi) is 6.17. The number of hydrogen-bond donors (Lipinski definition) is 1. The normalized spacial score (nSPS) is 15.4. The molecule has 4 amide bonds. The molecular formula is C24H19Cl2N3O3. The lowest BCUT2D eigenvalue weighted by Gasteiger charge is -2.26. The van der Waals surface area contributed by atoms with Crippen LogP contribution in [-0.2, 0) is 22.6 Å². The van der Waals surface area contributed by atoms with E-state index in [1.807, 2.05) is 42.0 Å². The molecule has 2 aromatic carbocycles. The summed E-state index contributed by atoms with van der Waals surface area (Å²) < 4.78 is 1.87. The first kappa shape index (κ1) is 21.9. The molecule has 1 N–H and O–H groups in total. The highest BCUT2D eigenvalue weighted by Gasteiger charge is 2.36. The van der Waals surface area contributed by atoms with Crippen LogP contribution < -0.4 is 10.2 Å². The molecule has 32 heavy (non-hydrogen) atoms. The number of carbonyl (C=O) groups excluding carboxylic acids is 3. The van der Waals surface area contributed by atoms with Gasteiger partial charge in [0.05, 0.1) is 15.7 Å². The maximum atomic E-state index is 13.1. The second-order valence-corrected chi connectivity index (χ2v) is 8.10. The van der Waals surface area contributed by atoms with E-state index in [0.717, 1.165) is 22.4 Å². The Bertz CT molecular complexity index is 1250. The zero-order valence-electron chi connectivity index (χ0n) is 17.1. The second-order valence-electron chi connectivity index (χ2n) is 7.29. The zero-order chi connectivity index (χ0) is 22.8. The highest BCUT2D eigenvalue weighted by Crippen LogP contribution is 2.25. The van der Waals surface area contributed by atoms with Crippen LogP contribution in [0, 0.1) is 0 Å². The number of aryl methyl sites for hydroxylation is 1. The maximum Gasteiger partial charge on any atom is 0.335 e. The number of amides is 4. The minimum absolute atomic E-state index is 0.127. The molecular weight excluding hydrogens is 449 g/mol. The molecule has 0 saturated carbocycles. The first-order valence-corrected chi connectivity index (χ1v) is 10.7. The molecule has 8 heteroatoms. The summed E-state index contributed by atoms with van der Waals surface area (Å²) in [7, 11) is 0. The van der Waals surface area contributed by atoms with Gasteiger partial charge in [0.1, 0.15) is 5.57 Å². The molecule has 0 radical (unpaired) electrons. The summed E-state index contributed by atoms with van der Waals surface area (Å²) in [6.45, 7) is 2.47. The summed E-state index contributed by atoms with van der Waals surface area (Å²) in [5, 5.41) is 3.16. The number of halogens is 2. The quantitative estimate of drug-likeness (QED) is 0.420. The molecule has 6 nitrogen and oxygen atoms in total. The van der Waals surface area contributed by atoms with E-state index in [1.54, 1.807) is 30.3 Å². The van der Waals surface area contributed by atoms with E-state index < -0.39 is 17.8 Å². The Morgan fingerprint density at radius 2 is 1.66 bits per heavy atom. The van der Waals surface area contributed by atoms with Crippen molar-refractivity contribution in [2.75, 3.05) is 4.90 Å². The Hall–Kier alpha value is -3.35. The minimum Gasteiger partial charge on any atom is -0.344 e. The fourth-order valence-electron chi connectivity index (χ4n) is 3.46. The van der Waals surface area contributed by atoms with Crippen molar-refractivity contribution in [3.63, 3.8) is 0 Å². The summed E-state index contributed by atoms with van der Waals surface area (Å²) in [5.74, 6) is -1.41. The van der Waals surface area contributed by atoms with Gasteiger partial charge in [-0.25, -0.2) is 9.69 Å². The molecule has 0 atom stereocenters. The number of anilines is 1. The molecule has 4 rings (SSSR count). The highest BCUT2D eigenvalue weighted by atomic mass is 35.5. The van der Waals surface area contributed by atoms with E-state index >= 15 is 0 Å². The van der Waals surface area contributed by atoms with Gasteiger partial charge in [-0.05, 0) is 60.0 Å². The number of benzene rings is 2. The van der Waals surface area contributed by atoms with E-state index in [1.165, 1.54) is 6.08 Å². The van der Waals surface area contributed by atoms with Crippen molar-refractivity contribution < 1.29 is 14.4 Å². The lowest BCUT2D eigenvalue weighted by Crippen LogP contribution is -2.54. The van der Waals surface area contributed by atoms with Crippen molar-refractivity contribution in [1.82, 2.24) is 9.88 Å². The van der Waals surface area contributed by atoms with E-state index in [-0.39, 0.29) is 5.57 Å². The molecule has 1 aromatic heterocycles. The molecule has 1 fully saturated rings. The van der Waals surface area contributed by atoms with Crippen molar-refractivity contribution in [3.8, 4) is 0 Å². The maximum absolute atomic E-state index is 13.1. The van der Waals surface area contributed by atoms with Crippen LogP contribution in [0.3, 0.4) is 0 Å². The van der Waals surface area contributed by atoms with Crippen LogP contribution in [0.15, 0.2) is 66.4 Å². The number of nitrogens with one attached hydrogen (secondary N) is 1. The first-order chi connectivity index (χ1) is 15.4. The van der Waals surface area contributed by atoms with Crippen LogP contribution in [-0.4, -0.2) is 22.4 Å². The molecule has 3 aromatic rings. The molecule has 0 unspecified atom stereocenters. The van der Waals surface area contributed by atoms with Gasteiger partial charge in [-0.1, -0.05) is 48.3 Å². The van der Waals surface area contributed by atoms with Gasteiger partial charge in [0.15, 0.2) is 0 Å². The minimum atomic E-state index is -0.771. The van der Waals surface area contributed by atoms with E-state index in [9.17, 15) is 14.4 Å². The van der Waals surface area contributed by atoms with Crippen molar-refractivity contribution in [2.24, 2.45) is 0 Å². The lowest BCUT2D eigenvalue weighted by molar-refractivity contribution is -0.122. The van der Waals surface area contributed by atoms with E-state index in [2.05, 4.69) is 5.32 Å². The topological polar surface area (TPSA) is 71.4 Å². The van der Waals surface area contributed by atoms with Crippen LogP contribution in [0.25, 0.3) is 6.08 Å². The molecule has 1 saturated heterocycles.